The summed E-state index contributed by atoms with van der Waals surface area (Å²) in [6.45, 7) is 5.56. The molecule has 3 rings (SSSR count). The van der Waals surface area contributed by atoms with Crippen molar-refractivity contribution in [3.05, 3.63) is 46.7 Å². The largest absolute Gasteiger partial charge is 0.495 e. The molecule has 1 aliphatic heterocycles. The molecule has 1 aliphatic rings. The van der Waals surface area contributed by atoms with Crippen molar-refractivity contribution < 1.29 is 9.53 Å². The Bertz CT molecular complexity index is 667. The molecule has 1 amide bonds. The van der Waals surface area contributed by atoms with Crippen LogP contribution in [0.2, 0.25) is 0 Å². The van der Waals surface area contributed by atoms with E-state index in [4.69, 9.17) is 4.74 Å². The molecule has 0 aliphatic carbocycles. The van der Waals surface area contributed by atoms with Crippen molar-refractivity contribution >= 4 is 22.9 Å². The third kappa shape index (κ3) is 4.96. The van der Waals surface area contributed by atoms with Gasteiger partial charge in [-0.2, -0.15) is 0 Å². The van der Waals surface area contributed by atoms with Crippen LogP contribution in [0.3, 0.4) is 0 Å². The maximum absolute atomic E-state index is 11.9. The highest BCUT2D eigenvalue weighted by atomic mass is 32.1. The van der Waals surface area contributed by atoms with Crippen molar-refractivity contribution in [3.63, 3.8) is 0 Å². The lowest BCUT2D eigenvalue weighted by Gasteiger charge is -2.36. The minimum Gasteiger partial charge on any atom is -0.495 e. The van der Waals surface area contributed by atoms with Crippen LogP contribution in [-0.4, -0.2) is 57.2 Å². The normalized spacial score (nSPS) is 15.2. The van der Waals surface area contributed by atoms with Crippen LogP contribution in [0.15, 0.2) is 41.8 Å². The summed E-state index contributed by atoms with van der Waals surface area (Å²) in [5, 5.41) is 5.03. The standard InChI is InChI=1S/C19H25N3O2S/c1-24-18-7-3-2-6-17(18)22-12-10-21(11-13-22)9-8-20-19(23)15-16-5-4-14-25-16/h2-7,14H,8-13,15H2,1H3,(H,20,23). The van der Waals surface area contributed by atoms with Gasteiger partial charge in [0.15, 0.2) is 0 Å². The highest BCUT2D eigenvalue weighted by Gasteiger charge is 2.19. The van der Waals surface area contributed by atoms with E-state index >= 15 is 0 Å². The Morgan fingerprint density at radius 2 is 1.96 bits per heavy atom. The van der Waals surface area contributed by atoms with Crippen LogP contribution in [0.5, 0.6) is 5.75 Å². The number of carbonyl (C=O) groups excluding carboxylic acids is 1. The molecule has 1 aromatic heterocycles. The lowest BCUT2D eigenvalue weighted by atomic mass is 10.2. The van der Waals surface area contributed by atoms with Gasteiger partial charge in [-0.3, -0.25) is 9.69 Å². The zero-order valence-corrected chi connectivity index (χ0v) is 15.4. The number of methoxy groups -OCH3 is 1. The molecule has 134 valence electrons. The number of amides is 1. The zero-order chi connectivity index (χ0) is 17.5. The second-order valence-corrected chi connectivity index (χ2v) is 7.14. The topological polar surface area (TPSA) is 44.8 Å². The highest BCUT2D eigenvalue weighted by Crippen LogP contribution is 2.28. The number of rotatable bonds is 7. The second-order valence-electron chi connectivity index (χ2n) is 6.11. The lowest BCUT2D eigenvalue weighted by molar-refractivity contribution is -0.120. The number of anilines is 1. The smallest absolute Gasteiger partial charge is 0.225 e. The highest BCUT2D eigenvalue weighted by molar-refractivity contribution is 7.10. The van der Waals surface area contributed by atoms with Crippen LogP contribution < -0.4 is 15.0 Å². The molecule has 2 aromatic rings. The van der Waals surface area contributed by atoms with E-state index in [0.717, 1.165) is 49.0 Å². The molecule has 2 heterocycles. The quantitative estimate of drug-likeness (QED) is 0.823. The molecule has 1 aromatic carbocycles. The Hall–Kier alpha value is -2.05. The maximum Gasteiger partial charge on any atom is 0.225 e. The van der Waals surface area contributed by atoms with Gasteiger partial charge in [0.1, 0.15) is 5.75 Å². The van der Waals surface area contributed by atoms with E-state index in [1.807, 2.05) is 35.7 Å². The molecular weight excluding hydrogens is 334 g/mol. The summed E-state index contributed by atoms with van der Waals surface area (Å²) in [4.78, 5) is 17.8. The third-order valence-electron chi connectivity index (χ3n) is 4.46. The van der Waals surface area contributed by atoms with E-state index in [2.05, 4.69) is 21.2 Å². The Kier molecular flexibility index (Phi) is 6.30. The van der Waals surface area contributed by atoms with E-state index in [0.29, 0.717) is 13.0 Å². The number of piperazine rings is 1. The Morgan fingerprint density at radius 3 is 2.68 bits per heavy atom. The fourth-order valence-corrected chi connectivity index (χ4v) is 3.79. The molecule has 0 bridgehead atoms. The summed E-state index contributed by atoms with van der Waals surface area (Å²) in [6.07, 6.45) is 0.485. The second kappa shape index (κ2) is 8.87. The summed E-state index contributed by atoms with van der Waals surface area (Å²) < 4.78 is 5.46. The molecule has 6 heteroatoms. The number of benzene rings is 1. The molecule has 5 nitrogen and oxygen atoms in total. The van der Waals surface area contributed by atoms with E-state index in [1.165, 1.54) is 0 Å². The van der Waals surface area contributed by atoms with Gasteiger partial charge < -0.3 is 15.0 Å². The first-order chi connectivity index (χ1) is 12.3. The molecule has 0 atom stereocenters. The number of nitrogens with zero attached hydrogens (tertiary/aromatic N) is 2. The van der Waals surface area contributed by atoms with Crippen LogP contribution in [-0.2, 0) is 11.2 Å². The van der Waals surface area contributed by atoms with E-state index in [9.17, 15) is 4.79 Å². The molecule has 0 saturated carbocycles. The van der Waals surface area contributed by atoms with Crippen molar-refractivity contribution in [1.82, 2.24) is 10.2 Å². The first-order valence-corrected chi connectivity index (χ1v) is 9.53. The van der Waals surface area contributed by atoms with Gasteiger partial charge >= 0.3 is 0 Å². The summed E-state index contributed by atoms with van der Waals surface area (Å²) >= 11 is 1.63. The van der Waals surface area contributed by atoms with Gasteiger partial charge in [0, 0.05) is 44.1 Å². The van der Waals surface area contributed by atoms with Crippen molar-refractivity contribution in [3.8, 4) is 5.75 Å². The molecule has 25 heavy (non-hydrogen) atoms. The summed E-state index contributed by atoms with van der Waals surface area (Å²) in [5.74, 6) is 1.03. The molecular formula is C19H25N3O2S. The van der Waals surface area contributed by atoms with E-state index in [1.54, 1.807) is 18.4 Å². The minimum absolute atomic E-state index is 0.107. The minimum atomic E-state index is 0.107. The van der Waals surface area contributed by atoms with Crippen LogP contribution >= 0.6 is 11.3 Å². The number of carbonyl (C=O) groups is 1. The number of nitrogens with one attached hydrogen (secondary N) is 1. The number of ether oxygens (including phenoxy) is 1. The van der Waals surface area contributed by atoms with Gasteiger partial charge in [-0.15, -0.1) is 11.3 Å². The predicted octanol–water partition coefficient (Wildman–Crippen LogP) is 2.24. The number of hydrogen-bond acceptors (Lipinski definition) is 5. The van der Waals surface area contributed by atoms with Gasteiger partial charge in [-0.05, 0) is 23.6 Å². The molecule has 1 saturated heterocycles. The van der Waals surface area contributed by atoms with Gasteiger partial charge in [0.2, 0.25) is 5.91 Å². The number of thiophene rings is 1. The van der Waals surface area contributed by atoms with Crippen molar-refractivity contribution in [2.45, 2.75) is 6.42 Å². The summed E-state index contributed by atoms with van der Waals surface area (Å²) in [7, 11) is 1.72. The van der Waals surface area contributed by atoms with Crippen molar-refractivity contribution in [2.24, 2.45) is 0 Å². The number of hydrogen-bond donors (Lipinski definition) is 1. The molecule has 0 spiro atoms. The predicted molar refractivity (Wildman–Crippen MR) is 103 cm³/mol. The summed E-state index contributed by atoms with van der Waals surface area (Å²) in [5.41, 5.74) is 1.16. The van der Waals surface area contributed by atoms with Crippen LogP contribution in [0.4, 0.5) is 5.69 Å². The van der Waals surface area contributed by atoms with Gasteiger partial charge in [-0.1, -0.05) is 18.2 Å². The third-order valence-corrected chi connectivity index (χ3v) is 5.34. The Labute approximate surface area is 153 Å². The molecule has 1 fully saturated rings. The molecule has 0 radical (unpaired) electrons. The SMILES string of the molecule is COc1ccccc1N1CCN(CCNC(=O)Cc2cccs2)CC1. The Morgan fingerprint density at radius 1 is 1.16 bits per heavy atom. The zero-order valence-electron chi connectivity index (χ0n) is 14.6. The van der Waals surface area contributed by atoms with Crippen molar-refractivity contribution in [2.75, 3.05) is 51.3 Å². The monoisotopic (exact) mass is 359 g/mol. The first kappa shape index (κ1) is 17.8. The van der Waals surface area contributed by atoms with Gasteiger partial charge in [-0.25, -0.2) is 0 Å². The van der Waals surface area contributed by atoms with E-state index in [-0.39, 0.29) is 5.91 Å². The molecule has 1 N–H and O–H groups in total. The van der Waals surface area contributed by atoms with Crippen molar-refractivity contribution in [1.29, 1.82) is 0 Å². The van der Waals surface area contributed by atoms with Gasteiger partial charge in [0.25, 0.3) is 0 Å². The first-order valence-electron chi connectivity index (χ1n) is 8.65. The van der Waals surface area contributed by atoms with Crippen LogP contribution in [0.1, 0.15) is 4.88 Å². The van der Waals surface area contributed by atoms with Crippen LogP contribution in [0.25, 0.3) is 0 Å². The summed E-state index contributed by atoms with van der Waals surface area (Å²) in [6, 6.07) is 12.1. The number of para-hydroxylation sites is 2. The average molecular weight is 359 g/mol. The lowest BCUT2D eigenvalue weighted by Crippen LogP contribution is -2.48. The maximum atomic E-state index is 11.9. The molecule has 0 unspecified atom stereocenters. The Balaban J connectivity index is 1.38. The fraction of sp³-hybridized carbons (Fsp3) is 0.421. The van der Waals surface area contributed by atoms with Crippen LogP contribution in [0, 0.1) is 0 Å². The van der Waals surface area contributed by atoms with E-state index < -0.39 is 0 Å². The van der Waals surface area contributed by atoms with Gasteiger partial charge in [0.05, 0.1) is 19.2 Å². The fourth-order valence-electron chi connectivity index (χ4n) is 3.09. The average Bonchev–Trinajstić information content (AvgIpc) is 3.15.